The van der Waals surface area contributed by atoms with Gasteiger partial charge in [-0.25, -0.2) is 0 Å². The second-order valence-electron chi connectivity index (χ2n) is 5.49. The van der Waals surface area contributed by atoms with E-state index in [2.05, 4.69) is 13.8 Å². The molecule has 1 heterocycles. The molecule has 1 unspecified atom stereocenters. The number of quaternary nitrogens is 1. The van der Waals surface area contributed by atoms with Crippen LogP contribution in [0.5, 0.6) is 5.75 Å². The smallest absolute Gasteiger partial charge is 0.290 e. The first-order chi connectivity index (χ1) is 10.9. The van der Waals surface area contributed by atoms with Crippen molar-refractivity contribution in [2.75, 3.05) is 31.1 Å². The van der Waals surface area contributed by atoms with Crippen LogP contribution in [-0.2, 0) is 4.79 Å². The Morgan fingerprint density at radius 1 is 1.38 bits per heavy atom. The van der Waals surface area contributed by atoms with E-state index in [1.165, 1.54) is 17.0 Å². The number of rotatable bonds is 6. The van der Waals surface area contributed by atoms with Crippen molar-refractivity contribution in [3.8, 4) is 5.75 Å². The van der Waals surface area contributed by atoms with Gasteiger partial charge in [0.2, 0.25) is 0 Å². The summed E-state index contributed by atoms with van der Waals surface area (Å²) < 4.78 is 5.54. The van der Waals surface area contributed by atoms with E-state index in [1.807, 2.05) is 0 Å². The molecule has 0 saturated carbocycles. The number of ether oxygens (including phenoxy) is 1. The van der Waals surface area contributed by atoms with Crippen LogP contribution in [0.15, 0.2) is 12.1 Å². The molecular formula is C15H21Cl2N3O4. The number of hydrogen-bond acceptors (Lipinski definition) is 4. The first-order valence-corrected chi connectivity index (χ1v) is 8.06. The molecule has 1 N–H and O–H groups in total. The Morgan fingerprint density at radius 2 is 2.00 bits per heavy atom. The van der Waals surface area contributed by atoms with Gasteiger partial charge in [-0.2, -0.15) is 0 Å². The molecule has 0 fully saturated rings. The minimum absolute atomic E-state index is 0. The maximum absolute atomic E-state index is 12.4. The minimum atomic E-state index is -0.633. The lowest BCUT2D eigenvalue weighted by Crippen LogP contribution is -3.12. The van der Waals surface area contributed by atoms with Crippen LogP contribution in [0.3, 0.4) is 0 Å². The van der Waals surface area contributed by atoms with Crippen molar-refractivity contribution < 1.29 is 31.8 Å². The lowest BCUT2D eigenvalue weighted by atomic mass is 10.1. The average Bonchev–Trinajstić information content (AvgIpc) is 2.51. The van der Waals surface area contributed by atoms with E-state index in [9.17, 15) is 14.9 Å². The molecule has 0 radical (unpaired) electrons. The number of nitro benzene ring substituents is 1. The summed E-state index contributed by atoms with van der Waals surface area (Å²) in [6.07, 6.45) is -0.633. The Labute approximate surface area is 152 Å². The highest BCUT2D eigenvalue weighted by Gasteiger charge is 2.34. The third-order valence-corrected chi connectivity index (χ3v) is 4.43. The molecule has 1 atom stereocenters. The molecule has 1 aromatic carbocycles. The fourth-order valence-corrected chi connectivity index (χ4v) is 2.88. The van der Waals surface area contributed by atoms with Gasteiger partial charge in [0.1, 0.15) is 10.8 Å². The monoisotopic (exact) mass is 377 g/mol. The molecule has 24 heavy (non-hydrogen) atoms. The Balaban J connectivity index is 0.00000288. The van der Waals surface area contributed by atoms with Crippen LogP contribution >= 0.6 is 11.6 Å². The molecule has 7 nitrogen and oxygen atoms in total. The number of nitrogens with one attached hydrogen (secondary N) is 1. The average molecular weight is 378 g/mol. The summed E-state index contributed by atoms with van der Waals surface area (Å²) >= 11 is 5.93. The topological polar surface area (TPSA) is 77.1 Å². The van der Waals surface area contributed by atoms with Gasteiger partial charge in [-0.05, 0) is 20.8 Å². The molecule has 134 valence electrons. The number of halogens is 2. The van der Waals surface area contributed by atoms with E-state index in [1.54, 1.807) is 11.8 Å². The molecule has 0 bridgehead atoms. The maximum atomic E-state index is 12.4. The number of carbonyl (C=O) groups excluding carboxylic acids is 1. The summed E-state index contributed by atoms with van der Waals surface area (Å²) in [5, 5.41) is 11.1. The third kappa shape index (κ3) is 4.09. The number of hydrogen-bond donors (Lipinski definition) is 1. The van der Waals surface area contributed by atoms with Crippen LogP contribution < -0.4 is 26.9 Å². The fourth-order valence-electron chi connectivity index (χ4n) is 2.66. The second kappa shape index (κ2) is 8.50. The summed E-state index contributed by atoms with van der Waals surface area (Å²) in [5.41, 5.74) is 0.187. The van der Waals surface area contributed by atoms with E-state index >= 15 is 0 Å². The highest BCUT2D eigenvalue weighted by molar-refractivity contribution is 6.33. The zero-order chi connectivity index (χ0) is 17.1. The molecule has 1 aliphatic heterocycles. The van der Waals surface area contributed by atoms with Gasteiger partial charge in [0.05, 0.1) is 36.8 Å². The van der Waals surface area contributed by atoms with Gasteiger partial charge in [-0.1, -0.05) is 11.6 Å². The number of amides is 1. The van der Waals surface area contributed by atoms with Crippen molar-refractivity contribution in [1.29, 1.82) is 0 Å². The number of benzene rings is 1. The molecule has 0 spiro atoms. The van der Waals surface area contributed by atoms with Gasteiger partial charge in [-0.15, -0.1) is 0 Å². The molecule has 0 aromatic heterocycles. The molecule has 2 rings (SSSR count). The van der Waals surface area contributed by atoms with Crippen molar-refractivity contribution in [2.45, 2.75) is 26.9 Å². The van der Waals surface area contributed by atoms with Crippen LogP contribution in [-0.4, -0.2) is 43.1 Å². The number of anilines is 1. The molecule has 1 aromatic rings. The SMILES string of the molecule is CC[NH+](CC)CCN1C(=O)C(C)Oc2cc(Cl)c([N+](=O)[O-])cc21.[Cl-]. The van der Waals surface area contributed by atoms with Gasteiger partial charge < -0.3 is 22.0 Å². The Bertz CT molecular complexity index is 623. The normalized spacial score (nSPS) is 16.5. The second-order valence-corrected chi connectivity index (χ2v) is 5.89. The molecule has 0 saturated heterocycles. The van der Waals surface area contributed by atoms with Crippen molar-refractivity contribution in [3.63, 3.8) is 0 Å². The summed E-state index contributed by atoms with van der Waals surface area (Å²) in [5.74, 6) is 0.211. The molecule has 0 aliphatic carbocycles. The van der Waals surface area contributed by atoms with E-state index in [0.717, 1.165) is 19.6 Å². The fraction of sp³-hybridized carbons (Fsp3) is 0.533. The van der Waals surface area contributed by atoms with Crippen molar-refractivity contribution in [1.82, 2.24) is 0 Å². The summed E-state index contributed by atoms with van der Waals surface area (Å²) in [7, 11) is 0. The zero-order valence-electron chi connectivity index (χ0n) is 13.8. The highest BCUT2D eigenvalue weighted by atomic mass is 35.5. The van der Waals surface area contributed by atoms with Gasteiger partial charge >= 0.3 is 0 Å². The Kier molecular flexibility index (Phi) is 7.26. The molecule has 1 amide bonds. The van der Waals surface area contributed by atoms with E-state index in [0.29, 0.717) is 18.0 Å². The quantitative estimate of drug-likeness (QED) is 0.473. The Morgan fingerprint density at radius 3 is 2.54 bits per heavy atom. The number of nitro groups is 1. The van der Waals surface area contributed by atoms with Crippen LogP contribution in [0.25, 0.3) is 0 Å². The van der Waals surface area contributed by atoms with E-state index in [-0.39, 0.29) is 29.0 Å². The van der Waals surface area contributed by atoms with Gasteiger partial charge in [0.25, 0.3) is 11.6 Å². The van der Waals surface area contributed by atoms with Gasteiger partial charge in [0, 0.05) is 12.1 Å². The van der Waals surface area contributed by atoms with Gasteiger partial charge in [-0.3, -0.25) is 19.8 Å². The number of fused-ring (bicyclic) bond motifs is 1. The predicted molar refractivity (Wildman–Crippen MR) is 87.5 cm³/mol. The zero-order valence-corrected chi connectivity index (χ0v) is 15.4. The van der Waals surface area contributed by atoms with Gasteiger partial charge in [0.15, 0.2) is 6.10 Å². The van der Waals surface area contributed by atoms with Crippen molar-refractivity contribution >= 4 is 28.9 Å². The standard InChI is InChI=1S/C15H20ClN3O4.ClH/c1-4-17(5-2)6-7-18-13-9-12(19(21)22)11(16)8-14(13)23-10(3)15(18)20;/h8-10H,4-7H2,1-3H3;1H. The first-order valence-electron chi connectivity index (χ1n) is 7.68. The van der Waals surface area contributed by atoms with E-state index < -0.39 is 11.0 Å². The number of likely N-dealkylation sites (N-methyl/N-ethyl adjacent to an activating group) is 1. The molecule has 1 aliphatic rings. The van der Waals surface area contributed by atoms with E-state index in [4.69, 9.17) is 16.3 Å². The number of nitrogens with zero attached hydrogens (tertiary/aromatic N) is 2. The predicted octanol–water partition coefficient (Wildman–Crippen LogP) is -1.71. The molecule has 9 heteroatoms. The van der Waals surface area contributed by atoms with Crippen LogP contribution in [0.1, 0.15) is 20.8 Å². The van der Waals surface area contributed by atoms with Crippen LogP contribution in [0.2, 0.25) is 5.02 Å². The largest absolute Gasteiger partial charge is 1.00 e. The minimum Gasteiger partial charge on any atom is -1.00 e. The van der Waals surface area contributed by atoms with Crippen LogP contribution in [0.4, 0.5) is 11.4 Å². The summed E-state index contributed by atoms with van der Waals surface area (Å²) in [6, 6.07) is 2.73. The first kappa shape index (κ1) is 20.5. The molecular weight excluding hydrogens is 357 g/mol. The summed E-state index contributed by atoms with van der Waals surface area (Å²) in [6.45, 7) is 8.99. The lowest BCUT2D eigenvalue weighted by Gasteiger charge is -2.33. The summed E-state index contributed by atoms with van der Waals surface area (Å²) in [4.78, 5) is 25.9. The lowest BCUT2D eigenvalue weighted by molar-refractivity contribution is -0.894. The van der Waals surface area contributed by atoms with Crippen LogP contribution in [0, 0.1) is 10.1 Å². The number of carbonyl (C=O) groups is 1. The highest BCUT2D eigenvalue weighted by Crippen LogP contribution is 2.40. The maximum Gasteiger partial charge on any atom is 0.290 e. The third-order valence-electron chi connectivity index (χ3n) is 4.12. The van der Waals surface area contributed by atoms with Crippen molar-refractivity contribution in [2.24, 2.45) is 0 Å². The van der Waals surface area contributed by atoms with Crippen molar-refractivity contribution in [3.05, 3.63) is 27.3 Å². The Hall–Kier alpha value is -1.57.